The Hall–Kier alpha value is -2.35. The Labute approximate surface area is 128 Å². The minimum Gasteiger partial charge on any atom is -0.406 e. The first-order chi connectivity index (χ1) is 10.3. The van der Waals surface area contributed by atoms with Crippen LogP contribution in [0.3, 0.4) is 0 Å². The molecular weight excluding hydrogens is 320 g/mol. The highest BCUT2D eigenvalue weighted by atomic mass is 32.1. The number of halogens is 4. The van der Waals surface area contributed by atoms with Crippen LogP contribution in [0.2, 0.25) is 0 Å². The molecule has 0 heterocycles. The Balaban J connectivity index is 1.99. The Morgan fingerprint density at radius 1 is 0.955 bits per heavy atom. The maximum absolute atomic E-state index is 12.8. The molecule has 0 radical (unpaired) electrons. The molecule has 0 bridgehead atoms. The molecule has 3 nitrogen and oxygen atoms in total. The van der Waals surface area contributed by atoms with E-state index in [-0.39, 0.29) is 16.7 Å². The van der Waals surface area contributed by atoms with Crippen molar-refractivity contribution in [2.45, 2.75) is 6.36 Å². The largest absolute Gasteiger partial charge is 0.573 e. The van der Waals surface area contributed by atoms with Gasteiger partial charge in [-0.25, -0.2) is 4.39 Å². The highest BCUT2D eigenvalue weighted by Gasteiger charge is 2.31. The second kappa shape index (κ2) is 6.61. The molecule has 0 aromatic heterocycles. The molecule has 0 aliphatic rings. The lowest BCUT2D eigenvalue weighted by molar-refractivity contribution is -0.274. The number of ether oxygens (including phenoxy) is 1. The van der Waals surface area contributed by atoms with Crippen molar-refractivity contribution >= 4 is 28.7 Å². The number of rotatable bonds is 3. The van der Waals surface area contributed by atoms with Crippen LogP contribution in [0.4, 0.5) is 28.9 Å². The van der Waals surface area contributed by atoms with Gasteiger partial charge in [0.25, 0.3) is 0 Å². The lowest BCUT2D eigenvalue weighted by atomic mass is 10.3. The van der Waals surface area contributed by atoms with Crippen LogP contribution in [0.1, 0.15) is 0 Å². The van der Waals surface area contributed by atoms with Gasteiger partial charge in [0.2, 0.25) is 0 Å². The lowest BCUT2D eigenvalue weighted by Crippen LogP contribution is -2.20. The third-order valence-electron chi connectivity index (χ3n) is 2.43. The van der Waals surface area contributed by atoms with Crippen molar-refractivity contribution in [2.24, 2.45) is 0 Å². The van der Waals surface area contributed by atoms with Crippen molar-refractivity contribution in [3.05, 3.63) is 54.3 Å². The van der Waals surface area contributed by atoms with E-state index in [1.165, 1.54) is 42.5 Å². The summed E-state index contributed by atoms with van der Waals surface area (Å²) in [4.78, 5) is 0. The van der Waals surface area contributed by atoms with Crippen molar-refractivity contribution in [1.82, 2.24) is 0 Å². The Morgan fingerprint density at radius 3 is 2.23 bits per heavy atom. The minimum atomic E-state index is -4.76. The summed E-state index contributed by atoms with van der Waals surface area (Å²) in [6.07, 6.45) is -4.76. The Bertz CT molecular complexity index is 659. The van der Waals surface area contributed by atoms with Gasteiger partial charge in [0, 0.05) is 17.4 Å². The average molecular weight is 330 g/mol. The van der Waals surface area contributed by atoms with Crippen LogP contribution in [0.15, 0.2) is 48.5 Å². The number of thiocarbonyl (C=S) groups is 1. The zero-order valence-electron chi connectivity index (χ0n) is 10.9. The second-order valence-electron chi connectivity index (χ2n) is 4.16. The molecular formula is C14H10F4N2OS. The predicted molar refractivity (Wildman–Crippen MR) is 79.4 cm³/mol. The quantitative estimate of drug-likeness (QED) is 0.640. The van der Waals surface area contributed by atoms with Gasteiger partial charge >= 0.3 is 6.36 Å². The van der Waals surface area contributed by atoms with E-state index in [0.29, 0.717) is 11.4 Å². The van der Waals surface area contributed by atoms with Gasteiger partial charge in [0.05, 0.1) is 0 Å². The summed E-state index contributed by atoms with van der Waals surface area (Å²) >= 11 is 5.02. The fraction of sp³-hybridized carbons (Fsp3) is 0.0714. The van der Waals surface area contributed by atoms with E-state index in [0.717, 1.165) is 6.07 Å². The standard InChI is InChI=1S/C14H10F4N2OS/c15-9-4-6-10(7-5-9)19-13(22)20-11-2-1-3-12(8-11)21-14(16,17)18/h1-8H,(H2,19,20,22). The molecule has 0 unspecified atom stereocenters. The summed E-state index contributed by atoms with van der Waals surface area (Å²) in [5, 5.41) is 5.64. The van der Waals surface area contributed by atoms with Gasteiger partial charge in [-0.05, 0) is 48.6 Å². The first-order valence-corrected chi connectivity index (χ1v) is 6.42. The van der Waals surface area contributed by atoms with Gasteiger partial charge in [0.15, 0.2) is 5.11 Å². The minimum absolute atomic E-state index is 0.149. The first-order valence-electron chi connectivity index (χ1n) is 6.01. The van der Waals surface area contributed by atoms with Gasteiger partial charge in [-0.15, -0.1) is 13.2 Å². The van der Waals surface area contributed by atoms with E-state index >= 15 is 0 Å². The summed E-state index contributed by atoms with van der Waals surface area (Å²) in [5.74, 6) is -0.747. The van der Waals surface area contributed by atoms with Crippen molar-refractivity contribution in [1.29, 1.82) is 0 Å². The summed E-state index contributed by atoms with van der Waals surface area (Å²) in [7, 11) is 0. The molecule has 8 heteroatoms. The van der Waals surface area contributed by atoms with E-state index in [4.69, 9.17) is 12.2 Å². The molecule has 0 saturated heterocycles. The highest BCUT2D eigenvalue weighted by molar-refractivity contribution is 7.80. The van der Waals surface area contributed by atoms with Crippen molar-refractivity contribution in [2.75, 3.05) is 10.6 Å². The maximum atomic E-state index is 12.8. The molecule has 0 aliphatic heterocycles. The fourth-order valence-corrected chi connectivity index (χ4v) is 1.83. The second-order valence-corrected chi connectivity index (χ2v) is 4.57. The predicted octanol–water partition coefficient (Wildman–Crippen LogP) is 4.53. The zero-order valence-corrected chi connectivity index (χ0v) is 11.8. The number of anilines is 2. The number of nitrogens with one attached hydrogen (secondary N) is 2. The van der Waals surface area contributed by atoms with Crippen LogP contribution in [0.5, 0.6) is 5.75 Å². The molecule has 0 saturated carbocycles. The van der Waals surface area contributed by atoms with Crippen LogP contribution in [0.25, 0.3) is 0 Å². The van der Waals surface area contributed by atoms with Crippen LogP contribution in [-0.4, -0.2) is 11.5 Å². The van der Waals surface area contributed by atoms with E-state index in [1.807, 2.05) is 0 Å². The van der Waals surface area contributed by atoms with Crippen LogP contribution in [-0.2, 0) is 0 Å². The molecule has 2 aromatic rings. The summed E-state index contributed by atoms with van der Waals surface area (Å²) in [5.41, 5.74) is 0.864. The molecule has 116 valence electrons. The monoisotopic (exact) mass is 330 g/mol. The molecule has 2 aromatic carbocycles. The molecule has 0 atom stereocenters. The third-order valence-corrected chi connectivity index (χ3v) is 2.63. The van der Waals surface area contributed by atoms with E-state index < -0.39 is 6.36 Å². The topological polar surface area (TPSA) is 33.3 Å². The molecule has 2 N–H and O–H groups in total. The van der Waals surface area contributed by atoms with E-state index in [1.54, 1.807) is 0 Å². The SMILES string of the molecule is Fc1ccc(NC(=S)Nc2cccc(OC(F)(F)F)c2)cc1. The zero-order chi connectivity index (χ0) is 16.2. The molecule has 0 fully saturated rings. The Kier molecular flexibility index (Phi) is 4.81. The van der Waals surface area contributed by atoms with Crippen molar-refractivity contribution < 1.29 is 22.3 Å². The van der Waals surface area contributed by atoms with Crippen LogP contribution in [0, 0.1) is 5.82 Å². The first kappa shape index (κ1) is 16.0. The summed E-state index contributed by atoms with van der Waals surface area (Å²) < 4.78 is 53.0. The number of alkyl halides is 3. The van der Waals surface area contributed by atoms with Crippen molar-refractivity contribution in [3.8, 4) is 5.75 Å². The molecule has 22 heavy (non-hydrogen) atoms. The van der Waals surface area contributed by atoms with Gasteiger partial charge in [0.1, 0.15) is 11.6 Å². The van der Waals surface area contributed by atoms with Gasteiger partial charge in [-0.2, -0.15) is 0 Å². The van der Waals surface area contributed by atoms with Crippen LogP contribution < -0.4 is 15.4 Å². The smallest absolute Gasteiger partial charge is 0.406 e. The maximum Gasteiger partial charge on any atom is 0.573 e. The molecule has 0 aliphatic carbocycles. The molecule has 0 amide bonds. The normalized spacial score (nSPS) is 10.9. The highest BCUT2D eigenvalue weighted by Crippen LogP contribution is 2.25. The molecule has 0 spiro atoms. The van der Waals surface area contributed by atoms with Gasteiger partial charge in [-0.3, -0.25) is 0 Å². The van der Waals surface area contributed by atoms with Crippen LogP contribution >= 0.6 is 12.2 Å². The van der Waals surface area contributed by atoms with E-state index in [2.05, 4.69) is 15.4 Å². The van der Waals surface area contributed by atoms with Gasteiger partial charge in [-0.1, -0.05) is 6.07 Å². The number of benzene rings is 2. The summed E-state index contributed by atoms with van der Waals surface area (Å²) in [6.45, 7) is 0. The Morgan fingerprint density at radius 2 is 1.59 bits per heavy atom. The van der Waals surface area contributed by atoms with Gasteiger partial charge < -0.3 is 15.4 Å². The average Bonchev–Trinajstić information content (AvgIpc) is 2.40. The lowest BCUT2D eigenvalue weighted by Gasteiger charge is -2.13. The molecule has 2 rings (SSSR count). The van der Waals surface area contributed by atoms with Crippen molar-refractivity contribution in [3.63, 3.8) is 0 Å². The number of hydrogen-bond donors (Lipinski definition) is 2. The van der Waals surface area contributed by atoms with E-state index in [9.17, 15) is 17.6 Å². The fourth-order valence-electron chi connectivity index (χ4n) is 1.60. The number of hydrogen-bond acceptors (Lipinski definition) is 2. The third kappa shape index (κ3) is 5.21. The summed E-state index contributed by atoms with van der Waals surface area (Å²) in [6, 6.07) is 10.7.